The number of rotatable bonds is 5. The quantitative estimate of drug-likeness (QED) is 0.649. The van der Waals surface area contributed by atoms with Crippen LogP contribution in [0.25, 0.3) is 0 Å². The van der Waals surface area contributed by atoms with Gasteiger partial charge < -0.3 is 10.3 Å². The van der Waals surface area contributed by atoms with Crippen molar-refractivity contribution in [1.82, 2.24) is 4.90 Å². The molecular weight excluding hydrogens is 283 g/mol. The Labute approximate surface area is 122 Å². The number of hydrogen-bond donors (Lipinski definition) is 2. The fraction of sp³-hybridized carbons (Fsp3) is 0.500. The Morgan fingerprint density at radius 2 is 2.00 bits per heavy atom. The summed E-state index contributed by atoms with van der Waals surface area (Å²) in [6.45, 7) is 4.49. The minimum atomic E-state index is -4.50. The van der Waals surface area contributed by atoms with Gasteiger partial charge in [-0.1, -0.05) is 13.8 Å². The third-order valence-electron chi connectivity index (χ3n) is 3.12. The molecule has 0 saturated heterocycles. The zero-order chi connectivity index (χ0) is 16.2. The van der Waals surface area contributed by atoms with Gasteiger partial charge in [-0.15, -0.1) is 0 Å². The minimum Gasteiger partial charge on any atom is -0.342 e. The van der Waals surface area contributed by atoms with Gasteiger partial charge in [-0.3, -0.25) is 10.6 Å². The third-order valence-corrected chi connectivity index (χ3v) is 3.12. The molecule has 0 heterocycles. The molecule has 0 aromatic heterocycles. The summed E-state index contributed by atoms with van der Waals surface area (Å²) in [5.74, 6) is 5.17. The van der Waals surface area contributed by atoms with Gasteiger partial charge in [-0.05, 0) is 30.5 Å². The maximum Gasteiger partial charge on any atom is 0.416 e. The molecule has 0 aliphatic heterocycles. The first-order valence-electron chi connectivity index (χ1n) is 6.60. The van der Waals surface area contributed by atoms with Crippen molar-refractivity contribution in [1.29, 1.82) is 0 Å². The molecule has 1 aromatic rings. The molecule has 0 atom stereocenters. The zero-order valence-electron chi connectivity index (χ0n) is 12.3. The number of nitrogens with zero attached hydrogens (tertiary/aromatic N) is 1. The van der Waals surface area contributed by atoms with Crippen LogP contribution in [0.15, 0.2) is 18.2 Å². The fourth-order valence-electron chi connectivity index (χ4n) is 1.78. The van der Waals surface area contributed by atoms with Gasteiger partial charge >= 0.3 is 6.18 Å². The number of benzene rings is 1. The number of hydrazine groups is 1. The summed E-state index contributed by atoms with van der Waals surface area (Å²) in [6, 6.07) is 2.87. The highest BCUT2D eigenvalue weighted by Crippen LogP contribution is 2.32. The molecule has 118 valence electrons. The zero-order valence-corrected chi connectivity index (χ0v) is 12.3. The van der Waals surface area contributed by atoms with Crippen molar-refractivity contribution in [3.05, 3.63) is 29.3 Å². The summed E-state index contributed by atoms with van der Waals surface area (Å²) >= 11 is 0. The summed E-state index contributed by atoms with van der Waals surface area (Å²) in [7, 11) is 1.56. The maximum absolute atomic E-state index is 12.7. The van der Waals surface area contributed by atoms with Gasteiger partial charge in [0.05, 0.1) is 16.8 Å². The molecule has 0 bridgehead atoms. The first-order chi connectivity index (χ1) is 9.66. The van der Waals surface area contributed by atoms with E-state index in [1.54, 1.807) is 7.05 Å². The van der Waals surface area contributed by atoms with Crippen molar-refractivity contribution >= 4 is 11.6 Å². The van der Waals surface area contributed by atoms with Gasteiger partial charge in [-0.2, -0.15) is 13.2 Å². The van der Waals surface area contributed by atoms with E-state index in [4.69, 9.17) is 5.84 Å². The highest BCUT2D eigenvalue weighted by atomic mass is 19.4. The lowest BCUT2D eigenvalue weighted by atomic mass is 10.1. The lowest BCUT2D eigenvalue weighted by molar-refractivity contribution is -0.137. The van der Waals surface area contributed by atoms with Crippen LogP contribution < -0.4 is 11.3 Å². The van der Waals surface area contributed by atoms with E-state index in [1.807, 2.05) is 13.8 Å². The average Bonchev–Trinajstić information content (AvgIpc) is 2.42. The second kappa shape index (κ2) is 6.80. The van der Waals surface area contributed by atoms with E-state index >= 15 is 0 Å². The molecule has 7 heteroatoms. The van der Waals surface area contributed by atoms with Gasteiger partial charge in [0, 0.05) is 13.6 Å². The number of hydrogen-bond acceptors (Lipinski definition) is 3. The highest BCUT2D eigenvalue weighted by Gasteiger charge is 2.32. The van der Waals surface area contributed by atoms with Crippen molar-refractivity contribution in [2.75, 3.05) is 19.0 Å². The van der Waals surface area contributed by atoms with E-state index in [1.165, 1.54) is 4.90 Å². The lowest BCUT2D eigenvalue weighted by Crippen LogP contribution is -2.30. The molecule has 0 unspecified atom stereocenters. The van der Waals surface area contributed by atoms with Crippen LogP contribution in [0.3, 0.4) is 0 Å². The number of halogens is 3. The molecule has 0 spiro atoms. The number of amides is 1. The van der Waals surface area contributed by atoms with Gasteiger partial charge in [0.2, 0.25) is 0 Å². The molecule has 0 aliphatic carbocycles. The Kier molecular flexibility index (Phi) is 5.60. The number of nitrogens with one attached hydrogen (secondary N) is 1. The van der Waals surface area contributed by atoms with Crippen LogP contribution in [-0.2, 0) is 6.18 Å². The van der Waals surface area contributed by atoms with E-state index < -0.39 is 17.6 Å². The van der Waals surface area contributed by atoms with Crippen molar-refractivity contribution in [3.8, 4) is 0 Å². The SMILES string of the molecule is CC(C)CCN(C)C(=O)c1cc(C(F)(F)F)ccc1NN. The smallest absolute Gasteiger partial charge is 0.342 e. The summed E-state index contributed by atoms with van der Waals surface area (Å²) in [5.41, 5.74) is 1.47. The van der Waals surface area contributed by atoms with Crippen LogP contribution >= 0.6 is 0 Å². The molecule has 0 aliphatic rings. The van der Waals surface area contributed by atoms with E-state index in [0.29, 0.717) is 12.5 Å². The Bertz CT molecular complexity index is 501. The molecule has 1 amide bonds. The Hall–Kier alpha value is -1.76. The first kappa shape index (κ1) is 17.3. The van der Waals surface area contributed by atoms with Crippen LogP contribution in [0, 0.1) is 5.92 Å². The molecule has 1 aromatic carbocycles. The number of nitrogens with two attached hydrogens (primary N) is 1. The second-order valence-electron chi connectivity index (χ2n) is 5.31. The van der Waals surface area contributed by atoms with Gasteiger partial charge in [0.15, 0.2) is 0 Å². The van der Waals surface area contributed by atoms with E-state index in [9.17, 15) is 18.0 Å². The topological polar surface area (TPSA) is 58.4 Å². The predicted octanol–water partition coefficient (Wildman–Crippen LogP) is 3.11. The van der Waals surface area contributed by atoms with E-state index in [2.05, 4.69) is 5.43 Å². The summed E-state index contributed by atoms with van der Waals surface area (Å²) < 4.78 is 38.2. The average molecular weight is 303 g/mol. The Morgan fingerprint density at radius 1 is 1.38 bits per heavy atom. The molecule has 0 saturated carbocycles. The predicted molar refractivity (Wildman–Crippen MR) is 75.7 cm³/mol. The van der Waals surface area contributed by atoms with Crippen molar-refractivity contribution in [2.45, 2.75) is 26.4 Å². The van der Waals surface area contributed by atoms with Crippen molar-refractivity contribution in [2.24, 2.45) is 11.8 Å². The molecule has 0 radical (unpaired) electrons. The number of carbonyl (C=O) groups is 1. The third kappa shape index (κ3) is 4.63. The van der Waals surface area contributed by atoms with Gasteiger partial charge in [-0.25, -0.2) is 0 Å². The van der Waals surface area contributed by atoms with E-state index in [0.717, 1.165) is 24.6 Å². The first-order valence-corrected chi connectivity index (χ1v) is 6.60. The molecule has 1 rings (SSSR count). The number of alkyl halides is 3. The Balaban J connectivity index is 3.06. The van der Waals surface area contributed by atoms with Crippen molar-refractivity contribution in [3.63, 3.8) is 0 Å². The number of carbonyl (C=O) groups excluding carboxylic acids is 1. The van der Waals surface area contributed by atoms with Crippen molar-refractivity contribution < 1.29 is 18.0 Å². The van der Waals surface area contributed by atoms with Crippen LogP contribution in [0.5, 0.6) is 0 Å². The molecule has 21 heavy (non-hydrogen) atoms. The summed E-state index contributed by atoms with van der Waals surface area (Å²) in [6.07, 6.45) is -3.73. The maximum atomic E-state index is 12.7. The van der Waals surface area contributed by atoms with Gasteiger partial charge in [0.25, 0.3) is 5.91 Å². The van der Waals surface area contributed by atoms with E-state index in [-0.39, 0.29) is 11.3 Å². The van der Waals surface area contributed by atoms with Crippen LogP contribution in [0.2, 0.25) is 0 Å². The lowest BCUT2D eigenvalue weighted by Gasteiger charge is -2.20. The largest absolute Gasteiger partial charge is 0.416 e. The minimum absolute atomic E-state index is 0.0846. The molecule has 4 nitrogen and oxygen atoms in total. The van der Waals surface area contributed by atoms with Crippen LogP contribution in [-0.4, -0.2) is 24.4 Å². The van der Waals surface area contributed by atoms with Crippen LogP contribution in [0.1, 0.15) is 36.2 Å². The monoisotopic (exact) mass is 303 g/mol. The Morgan fingerprint density at radius 3 is 2.48 bits per heavy atom. The summed E-state index contributed by atoms with van der Waals surface area (Å²) in [5, 5.41) is 0. The summed E-state index contributed by atoms with van der Waals surface area (Å²) in [4.78, 5) is 13.7. The van der Waals surface area contributed by atoms with Gasteiger partial charge in [0.1, 0.15) is 0 Å². The number of nitrogen functional groups attached to an aromatic ring is 1. The standard InChI is InChI=1S/C14H20F3N3O/c1-9(2)6-7-20(3)13(21)11-8-10(14(15,16)17)4-5-12(11)19-18/h4-5,8-9,19H,6-7,18H2,1-3H3. The molecular formula is C14H20F3N3O. The second-order valence-corrected chi connectivity index (χ2v) is 5.31. The fourth-order valence-corrected chi connectivity index (χ4v) is 1.78. The highest BCUT2D eigenvalue weighted by molar-refractivity contribution is 5.99. The number of anilines is 1. The molecule has 3 N–H and O–H groups in total. The van der Waals surface area contributed by atoms with Crippen LogP contribution in [0.4, 0.5) is 18.9 Å². The normalized spacial score (nSPS) is 11.6. The molecule has 0 fully saturated rings.